The van der Waals surface area contributed by atoms with Gasteiger partial charge >= 0.3 is 0 Å². The maximum atomic E-state index is 13.4. The highest BCUT2D eigenvalue weighted by atomic mass is 32.2. The van der Waals surface area contributed by atoms with Gasteiger partial charge in [-0.2, -0.15) is 20.4 Å². The van der Waals surface area contributed by atoms with Gasteiger partial charge in [0.2, 0.25) is 40.1 Å². The van der Waals surface area contributed by atoms with Crippen molar-refractivity contribution < 1.29 is 84.1 Å². The van der Waals surface area contributed by atoms with Crippen LogP contribution in [0.5, 0.6) is 23.0 Å². The third kappa shape index (κ3) is 26.5. The lowest BCUT2D eigenvalue weighted by Gasteiger charge is -2.19. The molecule has 40 nitrogen and oxygen atoms in total. The highest BCUT2D eigenvalue weighted by Crippen LogP contribution is 2.38. The molecular formula is C100H144N24O16S4. The van der Waals surface area contributed by atoms with Crippen molar-refractivity contribution in [2.24, 2.45) is 28.2 Å². The molecule has 16 rings (SSSR count). The lowest BCUT2D eigenvalue weighted by molar-refractivity contribution is 0.297. The van der Waals surface area contributed by atoms with Crippen molar-refractivity contribution in [3.63, 3.8) is 0 Å². The summed E-state index contributed by atoms with van der Waals surface area (Å²) in [5, 5.41) is 17.1. The van der Waals surface area contributed by atoms with Crippen LogP contribution in [-0.4, -0.2) is 263 Å². The van der Waals surface area contributed by atoms with E-state index in [-0.39, 0.29) is 191 Å². The van der Waals surface area contributed by atoms with E-state index >= 15 is 0 Å². The topological polar surface area (TPSA) is 489 Å². The van der Waals surface area contributed by atoms with Gasteiger partial charge in [0.1, 0.15) is 68.4 Å². The molecule has 0 bridgehead atoms. The van der Waals surface area contributed by atoms with E-state index in [0.29, 0.717) is 151 Å². The number of hydrogen-bond acceptors (Lipinski definition) is 28. The molecule has 0 saturated carbocycles. The summed E-state index contributed by atoms with van der Waals surface area (Å²) < 4.78 is 329. The van der Waals surface area contributed by atoms with Crippen LogP contribution in [0.1, 0.15) is 238 Å². The van der Waals surface area contributed by atoms with Crippen molar-refractivity contribution in [2.75, 3.05) is 107 Å². The molecule has 4 saturated heterocycles. The van der Waals surface area contributed by atoms with Gasteiger partial charge in [-0.05, 0) is 255 Å². The standard InChI is InChI=1S/4C25H36N6O4S/c4*1-5-8-20-22-23(31(4)29-20)25(32)28-24(27-22)19-16-18(10-11-21(19)35-15-6-2)36(33,34)26-13-12-17-9-7-14-30(17)3/h4*10-11,16-17,26H,5-9,12-15H2,1-4H3,(H,27,28,32)/i3D3,8D2,13D2;3D3,8D2,13D;3D3,13D2;3D3,8D2. The molecule has 12 heterocycles. The van der Waals surface area contributed by atoms with Gasteiger partial charge in [-0.3, -0.25) is 37.9 Å². The van der Waals surface area contributed by atoms with E-state index in [1.165, 1.54) is 132 Å². The summed E-state index contributed by atoms with van der Waals surface area (Å²) in [7, 11) is -11.0. The predicted octanol–water partition coefficient (Wildman–Crippen LogP) is 11.3. The molecule has 144 heavy (non-hydrogen) atoms. The summed E-state index contributed by atoms with van der Waals surface area (Å²) in [4.78, 5) is 85.6. The first-order valence-corrected chi connectivity index (χ1v) is 54.3. The maximum Gasteiger partial charge on any atom is 0.277 e. The van der Waals surface area contributed by atoms with Crippen molar-refractivity contribution in [3.8, 4) is 68.5 Å². The van der Waals surface area contributed by atoms with Crippen molar-refractivity contribution in [1.29, 1.82) is 0 Å². The number of H-pyrrole nitrogens is 4. The summed E-state index contributed by atoms with van der Waals surface area (Å²) in [5.74, 6) is 1.07. The summed E-state index contributed by atoms with van der Waals surface area (Å²) in [5.41, 5.74) is 0.181. The number of benzene rings is 4. The molecule has 0 amide bonds. The van der Waals surface area contributed by atoms with Crippen LogP contribution < -0.4 is 60.1 Å². The van der Waals surface area contributed by atoms with Gasteiger partial charge in [0, 0.05) is 110 Å². The maximum absolute atomic E-state index is 13.4. The zero-order valence-corrected chi connectivity index (χ0v) is 86.1. The van der Waals surface area contributed by atoms with Gasteiger partial charge < -0.3 is 58.5 Å². The monoisotopic (exact) mass is 2090 g/mol. The van der Waals surface area contributed by atoms with Crippen molar-refractivity contribution in [3.05, 3.63) is 137 Å². The molecular weight excluding hydrogens is 1920 g/mol. The zero-order chi connectivity index (χ0) is 123. The Morgan fingerprint density at radius 2 is 0.625 bits per heavy atom. The number of aryl methyl sites for hydroxylation is 8. The summed E-state index contributed by atoms with van der Waals surface area (Å²) in [6, 6.07) is 14.1. The van der Waals surface area contributed by atoms with Gasteiger partial charge in [-0.25, -0.2) is 72.5 Å². The lowest BCUT2D eigenvalue weighted by atomic mass is 10.1. The van der Waals surface area contributed by atoms with Crippen molar-refractivity contribution in [2.45, 2.75) is 253 Å². The minimum atomic E-state index is -4.50. The highest BCUT2D eigenvalue weighted by molar-refractivity contribution is 7.90. The summed E-state index contributed by atoms with van der Waals surface area (Å²) in [6.45, 7) is 1.65. The van der Waals surface area contributed by atoms with Crippen LogP contribution in [0.2, 0.25) is 0 Å². The largest absolute Gasteiger partial charge is 0.493 e. The van der Waals surface area contributed by atoms with Crippen LogP contribution in [0.15, 0.2) is 112 Å². The molecule has 0 aliphatic carbocycles. The number of aromatic nitrogens is 16. The smallest absolute Gasteiger partial charge is 0.277 e. The van der Waals surface area contributed by atoms with Crippen LogP contribution in [0, 0.1) is 0 Å². The molecule has 4 aromatic carbocycles. The number of nitrogens with one attached hydrogen (secondary N) is 8. The fraction of sp³-hybridized carbons (Fsp3) is 0.560. The van der Waals surface area contributed by atoms with E-state index in [1.807, 2.05) is 34.6 Å². The van der Waals surface area contributed by atoms with Crippen LogP contribution in [0.3, 0.4) is 0 Å². The van der Waals surface area contributed by atoms with Crippen LogP contribution in [-0.2, 0) is 93.8 Å². The van der Waals surface area contributed by atoms with Crippen LogP contribution in [0.4, 0.5) is 0 Å². The Morgan fingerprint density at radius 1 is 0.354 bits per heavy atom. The van der Waals surface area contributed by atoms with Gasteiger partial charge in [0.05, 0.1) is 91.0 Å². The van der Waals surface area contributed by atoms with Crippen LogP contribution >= 0.6 is 0 Å². The Kier molecular flexibility index (Phi) is 28.4. The van der Waals surface area contributed by atoms with Gasteiger partial charge in [0.25, 0.3) is 22.2 Å². The molecule has 5 unspecified atom stereocenters. The number of aromatic amines is 4. The van der Waals surface area contributed by atoms with Gasteiger partial charge in [0.15, 0.2) is 22.1 Å². The van der Waals surface area contributed by atoms with E-state index < -0.39 is 147 Å². The number of likely N-dealkylation sites (tertiary alicyclic amines) is 4. The second-order valence-electron chi connectivity index (χ2n) is 35.0. The summed E-state index contributed by atoms with van der Waals surface area (Å²) in [6.07, 6.45) is 2.96. The predicted molar refractivity (Wildman–Crippen MR) is 559 cm³/mol. The lowest BCUT2D eigenvalue weighted by Crippen LogP contribution is -2.31. The summed E-state index contributed by atoms with van der Waals surface area (Å²) >= 11 is 0. The minimum Gasteiger partial charge on any atom is -0.493 e. The Morgan fingerprint density at radius 3 is 0.910 bits per heavy atom. The molecule has 12 aromatic rings. The first-order valence-electron chi connectivity index (χ1n) is 60.0. The van der Waals surface area contributed by atoms with E-state index in [0.717, 1.165) is 12.8 Å². The fourth-order valence-electron chi connectivity index (χ4n) is 17.1. The molecule has 4 aliphatic heterocycles. The first kappa shape index (κ1) is 82.1. The van der Waals surface area contributed by atoms with E-state index in [4.69, 9.17) is 50.5 Å². The van der Waals surface area contributed by atoms with E-state index in [2.05, 4.69) is 79.2 Å². The van der Waals surface area contributed by atoms with Crippen molar-refractivity contribution >= 4 is 84.2 Å². The first-order chi connectivity index (χ1) is 77.8. The molecule has 784 valence electrons. The van der Waals surface area contributed by atoms with Crippen LogP contribution in [0.25, 0.3) is 89.7 Å². The average molecular weight is 2090 g/mol. The Hall–Kier alpha value is -11.0. The number of fused-ring (bicyclic) bond motifs is 4. The number of nitrogens with zero attached hydrogens (tertiary/aromatic N) is 16. The normalized spacial score (nSPS) is 20.2. The van der Waals surface area contributed by atoms with Gasteiger partial charge in [-0.15, -0.1) is 0 Å². The molecule has 4 fully saturated rings. The molecule has 8 N–H and O–H groups in total. The Balaban J connectivity index is 0.000000183. The second kappa shape index (κ2) is 49.9. The quantitative estimate of drug-likeness (QED) is 0.0176. The van der Waals surface area contributed by atoms with E-state index in [9.17, 15) is 52.8 Å². The number of hydrogen-bond donors (Lipinski definition) is 8. The van der Waals surface area contributed by atoms with E-state index in [1.54, 1.807) is 27.8 Å². The zero-order valence-electron chi connectivity index (χ0n) is 106. The number of ether oxygens (including phenoxy) is 4. The minimum absolute atomic E-state index is 0.00305. The Bertz CT molecular complexity index is 8300. The molecule has 5 atom stereocenters. The highest BCUT2D eigenvalue weighted by Gasteiger charge is 2.32. The average Bonchev–Trinajstić information content (AvgIpc) is 1.62. The SMILES string of the molecule is [2H]C(CC1CCCN1C([2H])([2H])[2H])NS(=O)(=O)c1ccc(OCCC)c(-c2nc3c(C([2H])([2H])CC)nn(C)c3c(=O)[nH]2)c1.[2H]C([2H])(CC)c1nn(C)c2c(=O)[nH]c(-c3cc(S(=O)(=O)NCCC4CCCN4C([2H])([2H])[2H])ccc3OCCC)nc12.[2H]C([2H])(CC1CCCN1C([2H])([2H])[2H])NS(=O)(=O)c1ccc(OCCC)c(-c2nc3c(C([2H])([2H])CC)nn(C)c3c(=O)[nH]2)c1.[2H]C([2H])(CC1CCCN1C([2H])([2H])[2H])NS(=O)(=O)c1ccc(OCCC)c(-c2nc3c(CCC)nn(C)c3c(=O)[nH]2)c1. The van der Waals surface area contributed by atoms with Gasteiger partial charge in [-0.1, -0.05) is 81.1 Å². The number of sulfonamides is 4. The third-order valence-electron chi connectivity index (χ3n) is 24.3. The molecule has 4 aliphatic rings. The van der Waals surface area contributed by atoms with Crippen molar-refractivity contribution in [1.82, 2.24) is 117 Å². The molecule has 44 heteroatoms. The Labute approximate surface area is 875 Å². The molecule has 8 aromatic heterocycles. The second-order valence-corrected chi connectivity index (χ2v) is 41.8. The number of rotatable bonds is 44. The fourth-order valence-corrected chi connectivity index (χ4v) is 21.0. The third-order valence-corrected chi connectivity index (χ3v) is 29.7. The molecule has 0 radical (unpaired) electrons. The molecule has 0 spiro atoms.